The first-order valence-electron chi connectivity index (χ1n) is 7.40. The number of nitrogens with zero attached hydrogens (tertiary/aromatic N) is 3. The molecule has 5 heteroatoms. The van der Waals surface area contributed by atoms with Gasteiger partial charge in [0, 0.05) is 18.8 Å². The minimum atomic E-state index is 0.322. The second-order valence-corrected chi connectivity index (χ2v) is 6.22. The van der Waals surface area contributed by atoms with E-state index in [0.717, 1.165) is 23.2 Å². The summed E-state index contributed by atoms with van der Waals surface area (Å²) < 4.78 is 2.03. The molecule has 2 rings (SSSR count). The second-order valence-electron chi connectivity index (χ2n) is 5.23. The van der Waals surface area contributed by atoms with E-state index >= 15 is 0 Å². The highest BCUT2D eigenvalue weighted by atomic mass is 32.2. The van der Waals surface area contributed by atoms with Gasteiger partial charge in [-0.1, -0.05) is 49.4 Å². The van der Waals surface area contributed by atoms with Crippen LogP contribution in [0.3, 0.4) is 0 Å². The summed E-state index contributed by atoms with van der Waals surface area (Å²) >= 11 is 1.74. The molecule has 114 valence electrons. The smallest absolute Gasteiger partial charge is 0.191 e. The van der Waals surface area contributed by atoms with E-state index in [-0.39, 0.29) is 0 Å². The zero-order valence-corrected chi connectivity index (χ0v) is 14.1. The average molecular weight is 304 g/mol. The van der Waals surface area contributed by atoms with Crippen molar-refractivity contribution >= 4 is 11.8 Å². The largest absolute Gasteiger partial charge is 0.312 e. The van der Waals surface area contributed by atoms with Crippen LogP contribution in [-0.2, 0) is 13.5 Å². The average Bonchev–Trinajstić information content (AvgIpc) is 2.82. The van der Waals surface area contributed by atoms with Gasteiger partial charge < -0.3 is 9.88 Å². The molecule has 1 N–H and O–H groups in total. The summed E-state index contributed by atoms with van der Waals surface area (Å²) in [4.78, 5) is 0. The molecule has 0 bridgehead atoms. The van der Waals surface area contributed by atoms with Crippen LogP contribution in [0.1, 0.15) is 36.3 Å². The summed E-state index contributed by atoms with van der Waals surface area (Å²) in [6.07, 6.45) is 2.34. The quantitative estimate of drug-likeness (QED) is 0.798. The molecule has 0 fully saturated rings. The van der Waals surface area contributed by atoms with E-state index in [1.54, 1.807) is 11.8 Å². The van der Waals surface area contributed by atoms with Gasteiger partial charge in [0.25, 0.3) is 0 Å². The summed E-state index contributed by atoms with van der Waals surface area (Å²) in [7, 11) is 4.01. The molecule has 0 spiro atoms. The molecule has 1 unspecified atom stereocenters. The SMILES string of the molecule is CCCc1ccc(C(CSc2nnc(C)n2C)NC)cc1. The molecule has 1 heterocycles. The molecule has 0 saturated heterocycles. The molecule has 1 aromatic heterocycles. The van der Waals surface area contributed by atoms with E-state index in [2.05, 4.69) is 46.7 Å². The molecular weight excluding hydrogens is 280 g/mol. The molecule has 0 radical (unpaired) electrons. The second kappa shape index (κ2) is 7.61. The lowest BCUT2D eigenvalue weighted by Crippen LogP contribution is -2.19. The van der Waals surface area contributed by atoms with Crippen LogP contribution in [0.5, 0.6) is 0 Å². The molecule has 0 aliphatic carbocycles. The molecule has 0 aliphatic heterocycles. The zero-order chi connectivity index (χ0) is 15.2. The molecule has 0 amide bonds. The van der Waals surface area contributed by atoms with Crippen LogP contribution < -0.4 is 5.32 Å². The maximum Gasteiger partial charge on any atom is 0.191 e. The summed E-state index contributed by atoms with van der Waals surface area (Å²) in [6.45, 7) is 4.18. The van der Waals surface area contributed by atoms with Gasteiger partial charge in [0.15, 0.2) is 5.16 Å². The summed E-state index contributed by atoms with van der Waals surface area (Å²) in [5, 5.41) is 12.7. The maximum atomic E-state index is 4.20. The van der Waals surface area contributed by atoms with Crippen LogP contribution in [0.15, 0.2) is 29.4 Å². The molecule has 1 aromatic carbocycles. The van der Waals surface area contributed by atoms with E-state index in [4.69, 9.17) is 0 Å². The van der Waals surface area contributed by atoms with E-state index in [9.17, 15) is 0 Å². The third-order valence-corrected chi connectivity index (χ3v) is 4.81. The number of aromatic nitrogens is 3. The van der Waals surface area contributed by atoms with Gasteiger partial charge in [-0.15, -0.1) is 10.2 Å². The van der Waals surface area contributed by atoms with Crippen LogP contribution in [0.2, 0.25) is 0 Å². The predicted molar refractivity (Wildman–Crippen MR) is 88.7 cm³/mol. The highest BCUT2D eigenvalue weighted by Crippen LogP contribution is 2.23. The lowest BCUT2D eigenvalue weighted by atomic mass is 10.0. The summed E-state index contributed by atoms with van der Waals surface area (Å²) in [6, 6.07) is 9.26. The number of rotatable bonds is 7. The molecule has 0 saturated carbocycles. The lowest BCUT2D eigenvalue weighted by molar-refractivity contribution is 0.658. The molecule has 21 heavy (non-hydrogen) atoms. The Kier molecular flexibility index (Phi) is 5.82. The maximum absolute atomic E-state index is 4.20. The number of benzene rings is 1. The monoisotopic (exact) mass is 304 g/mol. The Bertz CT molecular complexity index is 562. The molecule has 4 nitrogen and oxygen atoms in total. The minimum Gasteiger partial charge on any atom is -0.312 e. The number of hydrogen-bond acceptors (Lipinski definition) is 4. The number of nitrogens with one attached hydrogen (secondary N) is 1. The van der Waals surface area contributed by atoms with Crippen molar-refractivity contribution in [2.24, 2.45) is 7.05 Å². The number of thioether (sulfide) groups is 1. The van der Waals surface area contributed by atoms with Crippen LogP contribution in [-0.4, -0.2) is 27.6 Å². The van der Waals surface area contributed by atoms with Gasteiger partial charge in [-0.3, -0.25) is 0 Å². The highest BCUT2D eigenvalue weighted by Gasteiger charge is 2.12. The third kappa shape index (κ3) is 4.08. The van der Waals surface area contributed by atoms with Crippen molar-refractivity contribution in [1.29, 1.82) is 0 Å². The molecule has 1 atom stereocenters. The van der Waals surface area contributed by atoms with E-state index in [1.807, 2.05) is 25.6 Å². The van der Waals surface area contributed by atoms with Gasteiger partial charge in [0.1, 0.15) is 5.82 Å². The number of hydrogen-bond donors (Lipinski definition) is 1. The van der Waals surface area contributed by atoms with Crippen LogP contribution >= 0.6 is 11.8 Å². The Morgan fingerprint density at radius 3 is 2.48 bits per heavy atom. The van der Waals surface area contributed by atoms with Gasteiger partial charge in [0.05, 0.1) is 0 Å². The summed E-state index contributed by atoms with van der Waals surface area (Å²) in [5.41, 5.74) is 2.73. The van der Waals surface area contributed by atoms with Crippen molar-refractivity contribution in [3.8, 4) is 0 Å². The number of aryl methyl sites for hydroxylation is 2. The summed E-state index contributed by atoms with van der Waals surface area (Å²) in [5.74, 6) is 1.89. The van der Waals surface area contributed by atoms with Crippen LogP contribution in [0.4, 0.5) is 0 Å². The zero-order valence-electron chi connectivity index (χ0n) is 13.3. The molecule has 2 aromatic rings. The van der Waals surface area contributed by atoms with E-state index in [0.29, 0.717) is 6.04 Å². The van der Waals surface area contributed by atoms with Crippen molar-refractivity contribution in [2.45, 2.75) is 37.9 Å². The normalized spacial score (nSPS) is 12.6. The van der Waals surface area contributed by atoms with Gasteiger partial charge in [-0.05, 0) is 31.5 Å². The van der Waals surface area contributed by atoms with Crippen molar-refractivity contribution < 1.29 is 0 Å². The van der Waals surface area contributed by atoms with E-state index < -0.39 is 0 Å². The Balaban J connectivity index is 2.00. The van der Waals surface area contributed by atoms with Crippen molar-refractivity contribution in [2.75, 3.05) is 12.8 Å². The minimum absolute atomic E-state index is 0.322. The fourth-order valence-electron chi connectivity index (χ4n) is 2.22. The third-order valence-electron chi connectivity index (χ3n) is 3.70. The fraction of sp³-hybridized carbons (Fsp3) is 0.500. The Morgan fingerprint density at radius 2 is 1.95 bits per heavy atom. The van der Waals surface area contributed by atoms with Crippen molar-refractivity contribution in [3.05, 3.63) is 41.2 Å². The first-order chi connectivity index (χ1) is 10.2. The first-order valence-corrected chi connectivity index (χ1v) is 8.39. The van der Waals surface area contributed by atoms with Gasteiger partial charge in [0.2, 0.25) is 0 Å². The first kappa shape index (κ1) is 16.0. The highest BCUT2D eigenvalue weighted by molar-refractivity contribution is 7.99. The van der Waals surface area contributed by atoms with Gasteiger partial charge >= 0.3 is 0 Å². The Hall–Kier alpha value is -1.33. The predicted octanol–water partition coefficient (Wildman–Crippen LogP) is 3.13. The van der Waals surface area contributed by atoms with E-state index in [1.165, 1.54) is 17.5 Å². The molecule has 0 aliphatic rings. The molecular formula is C16H24N4S. The van der Waals surface area contributed by atoms with Gasteiger partial charge in [-0.25, -0.2) is 0 Å². The fourth-order valence-corrected chi connectivity index (χ4v) is 3.32. The topological polar surface area (TPSA) is 42.7 Å². The van der Waals surface area contributed by atoms with Crippen LogP contribution in [0.25, 0.3) is 0 Å². The standard InChI is InChI=1S/C16H24N4S/c1-5-6-13-7-9-14(10-8-13)15(17-3)11-21-16-19-18-12(2)20(16)4/h7-10,15,17H,5-6,11H2,1-4H3. The van der Waals surface area contributed by atoms with Crippen molar-refractivity contribution in [3.63, 3.8) is 0 Å². The van der Waals surface area contributed by atoms with Crippen molar-refractivity contribution in [1.82, 2.24) is 20.1 Å². The van der Waals surface area contributed by atoms with Crippen LogP contribution in [0, 0.1) is 6.92 Å². The Labute approximate surface area is 131 Å². The lowest BCUT2D eigenvalue weighted by Gasteiger charge is -2.16. The van der Waals surface area contributed by atoms with Gasteiger partial charge in [-0.2, -0.15) is 0 Å². The Morgan fingerprint density at radius 1 is 1.24 bits per heavy atom.